The van der Waals surface area contributed by atoms with E-state index in [1.54, 1.807) is 12.4 Å². The fourth-order valence-electron chi connectivity index (χ4n) is 5.00. The highest BCUT2D eigenvalue weighted by atomic mass is 32.1. The van der Waals surface area contributed by atoms with Gasteiger partial charge in [0.25, 0.3) is 5.91 Å². The Labute approximate surface area is 229 Å². The van der Waals surface area contributed by atoms with Gasteiger partial charge in [0.05, 0.1) is 34.3 Å². The molecule has 0 spiro atoms. The lowest BCUT2D eigenvalue weighted by molar-refractivity contribution is 0.0948. The van der Waals surface area contributed by atoms with Crippen molar-refractivity contribution in [3.63, 3.8) is 0 Å². The number of thiazole rings is 1. The maximum absolute atomic E-state index is 13.8. The van der Waals surface area contributed by atoms with Crippen molar-refractivity contribution in [2.45, 2.75) is 19.9 Å². The first-order valence-electron chi connectivity index (χ1n) is 13.0. The third-order valence-corrected chi connectivity index (χ3v) is 8.16. The summed E-state index contributed by atoms with van der Waals surface area (Å²) in [6, 6.07) is 12.2. The Bertz CT molecular complexity index is 1740. The van der Waals surface area contributed by atoms with Gasteiger partial charge in [-0.3, -0.25) is 19.2 Å². The first kappa shape index (κ1) is 25.2. The molecule has 1 aliphatic rings. The summed E-state index contributed by atoms with van der Waals surface area (Å²) in [6.07, 6.45) is 4.44. The SMILES string of the molecule is CO/N=c1/c(C(=O)NCc2cnc(C)cn2)c2sc3ccccc3n2c2nc(N3CCCN(C)CC3)ccc12. The van der Waals surface area contributed by atoms with Gasteiger partial charge in [0, 0.05) is 31.2 Å². The lowest BCUT2D eigenvalue weighted by Crippen LogP contribution is -2.31. The molecule has 1 fully saturated rings. The van der Waals surface area contributed by atoms with Crippen LogP contribution in [0.5, 0.6) is 0 Å². The number of aryl methyl sites for hydroxylation is 1. The maximum atomic E-state index is 13.8. The van der Waals surface area contributed by atoms with E-state index in [1.165, 1.54) is 18.4 Å². The zero-order valence-electron chi connectivity index (χ0n) is 22.2. The normalized spacial score (nSPS) is 15.3. The molecule has 5 heterocycles. The van der Waals surface area contributed by atoms with Gasteiger partial charge in [0.15, 0.2) is 0 Å². The zero-order valence-corrected chi connectivity index (χ0v) is 23.0. The Kier molecular flexibility index (Phi) is 6.84. The summed E-state index contributed by atoms with van der Waals surface area (Å²) in [5, 5.41) is 8.57. The third kappa shape index (κ3) is 4.79. The van der Waals surface area contributed by atoms with E-state index in [-0.39, 0.29) is 12.5 Å². The summed E-state index contributed by atoms with van der Waals surface area (Å²) in [5.41, 5.74) is 3.67. The Morgan fingerprint density at radius 1 is 1.10 bits per heavy atom. The number of hydrogen-bond acceptors (Lipinski definition) is 9. The third-order valence-electron chi connectivity index (χ3n) is 7.01. The van der Waals surface area contributed by atoms with Gasteiger partial charge in [0.1, 0.15) is 34.3 Å². The van der Waals surface area contributed by atoms with Gasteiger partial charge in [-0.05, 0) is 51.2 Å². The molecule has 0 saturated carbocycles. The van der Waals surface area contributed by atoms with Gasteiger partial charge in [0.2, 0.25) is 0 Å². The van der Waals surface area contributed by atoms with Gasteiger partial charge >= 0.3 is 0 Å². The number of rotatable bonds is 5. The van der Waals surface area contributed by atoms with Crippen LogP contribution < -0.4 is 15.6 Å². The molecular formula is C28H30N8O2S. The second-order valence-electron chi connectivity index (χ2n) is 9.72. The lowest BCUT2D eigenvalue weighted by Gasteiger charge is -2.22. The van der Waals surface area contributed by atoms with Crippen molar-refractivity contribution in [2.24, 2.45) is 5.16 Å². The van der Waals surface area contributed by atoms with Gasteiger partial charge in [-0.25, -0.2) is 4.98 Å². The number of para-hydroxylation sites is 1. The zero-order chi connectivity index (χ0) is 26.9. The number of pyridine rings is 2. The summed E-state index contributed by atoms with van der Waals surface area (Å²) >= 11 is 1.54. The first-order valence-corrected chi connectivity index (χ1v) is 13.8. The lowest BCUT2D eigenvalue weighted by atomic mass is 10.1. The number of likely N-dealkylation sites (N-methyl/N-ethyl adjacent to an activating group) is 1. The molecule has 0 unspecified atom stereocenters. The highest BCUT2D eigenvalue weighted by molar-refractivity contribution is 7.24. The van der Waals surface area contributed by atoms with Gasteiger partial charge < -0.3 is 20.0 Å². The quantitative estimate of drug-likeness (QED) is 0.340. The molecule has 1 saturated heterocycles. The Morgan fingerprint density at radius 3 is 2.79 bits per heavy atom. The van der Waals surface area contributed by atoms with Crippen LogP contribution >= 0.6 is 11.3 Å². The number of benzene rings is 1. The molecule has 1 amide bonds. The van der Waals surface area contributed by atoms with E-state index in [0.29, 0.717) is 16.6 Å². The minimum atomic E-state index is -0.265. The van der Waals surface area contributed by atoms with Gasteiger partial charge in [-0.15, -0.1) is 11.3 Å². The number of aromatic nitrogens is 4. The molecule has 1 aromatic carbocycles. The highest BCUT2D eigenvalue weighted by Crippen LogP contribution is 2.31. The number of carbonyl (C=O) groups excluding carboxylic acids is 1. The molecular weight excluding hydrogens is 512 g/mol. The van der Waals surface area contributed by atoms with Crippen LogP contribution in [0.25, 0.3) is 26.1 Å². The Balaban J connectivity index is 1.54. The molecule has 5 aromatic rings. The van der Waals surface area contributed by atoms with Crippen molar-refractivity contribution < 1.29 is 9.63 Å². The van der Waals surface area contributed by atoms with Crippen LogP contribution in [0.2, 0.25) is 0 Å². The summed E-state index contributed by atoms with van der Waals surface area (Å²) in [7, 11) is 3.65. The summed E-state index contributed by atoms with van der Waals surface area (Å²) in [6.45, 7) is 6.03. The molecule has 200 valence electrons. The van der Waals surface area contributed by atoms with Crippen LogP contribution in [0.4, 0.5) is 5.82 Å². The number of fused-ring (bicyclic) bond motifs is 5. The van der Waals surface area contributed by atoms with Crippen molar-refractivity contribution in [3.05, 3.63) is 71.1 Å². The van der Waals surface area contributed by atoms with Gasteiger partial charge in [-0.1, -0.05) is 17.3 Å². The van der Waals surface area contributed by atoms with Crippen molar-refractivity contribution in [3.8, 4) is 0 Å². The van der Waals surface area contributed by atoms with E-state index >= 15 is 0 Å². The topological polar surface area (TPSA) is 100 Å². The molecule has 11 heteroatoms. The number of anilines is 1. The average Bonchev–Trinajstić information content (AvgIpc) is 3.20. The average molecular weight is 543 g/mol. The smallest absolute Gasteiger partial charge is 0.256 e. The van der Waals surface area contributed by atoms with E-state index < -0.39 is 0 Å². The van der Waals surface area contributed by atoms with E-state index in [9.17, 15) is 4.79 Å². The molecule has 0 aliphatic carbocycles. The van der Waals surface area contributed by atoms with Gasteiger partial charge in [-0.2, -0.15) is 0 Å². The van der Waals surface area contributed by atoms with Crippen LogP contribution in [0, 0.1) is 6.92 Å². The maximum Gasteiger partial charge on any atom is 0.256 e. The van der Waals surface area contributed by atoms with Crippen molar-refractivity contribution in [1.82, 2.24) is 29.6 Å². The molecule has 0 radical (unpaired) electrons. The second kappa shape index (κ2) is 10.6. The fourth-order valence-corrected chi connectivity index (χ4v) is 6.19. The predicted molar refractivity (Wildman–Crippen MR) is 153 cm³/mol. The summed E-state index contributed by atoms with van der Waals surface area (Å²) in [4.78, 5) is 38.3. The highest BCUT2D eigenvalue weighted by Gasteiger charge is 2.23. The summed E-state index contributed by atoms with van der Waals surface area (Å²) < 4.78 is 3.13. The van der Waals surface area contributed by atoms with Crippen molar-refractivity contribution >= 4 is 49.1 Å². The fraction of sp³-hybridized carbons (Fsp3) is 0.321. The molecule has 0 bridgehead atoms. The minimum Gasteiger partial charge on any atom is -0.399 e. The number of nitrogens with one attached hydrogen (secondary N) is 1. The van der Waals surface area contributed by atoms with E-state index in [4.69, 9.17) is 9.82 Å². The standard InChI is InChI=1S/C28H30N8O2S/c1-18-15-30-19(16-29-18)17-31-27(37)24-25(33-38-3)20-9-10-23(35-12-6-11-34(2)13-14-35)32-26(20)36-21-7-4-5-8-22(21)39-28(24)36/h4-5,7-10,15-16H,6,11-14,17H2,1-3H3,(H,31,37)/b33-25+. The van der Waals surface area contributed by atoms with E-state index in [0.717, 1.165) is 70.2 Å². The number of carbonyl (C=O) groups is 1. The number of hydrogen-bond donors (Lipinski definition) is 1. The molecule has 4 aromatic heterocycles. The number of amides is 1. The summed E-state index contributed by atoms with van der Waals surface area (Å²) in [5.74, 6) is 0.652. The molecule has 1 aliphatic heterocycles. The Hall–Kier alpha value is -4.09. The molecule has 39 heavy (non-hydrogen) atoms. The van der Waals surface area contributed by atoms with Crippen LogP contribution in [-0.2, 0) is 11.4 Å². The first-order chi connectivity index (χ1) is 19.0. The second-order valence-corrected chi connectivity index (χ2v) is 10.8. The number of nitrogens with zero attached hydrogens (tertiary/aromatic N) is 7. The van der Waals surface area contributed by atoms with Crippen LogP contribution in [0.3, 0.4) is 0 Å². The van der Waals surface area contributed by atoms with Crippen LogP contribution in [0.1, 0.15) is 28.2 Å². The van der Waals surface area contributed by atoms with E-state index in [2.05, 4.69) is 53.8 Å². The van der Waals surface area contributed by atoms with Crippen molar-refractivity contribution in [2.75, 3.05) is 45.2 Å². The predicted octanol–water partition coefficient (Wildman–Crippen LogP) is 3.33. The molecule has 0 atom stereocenters. The van der Waals surface area contributed by atoms with E-state index in [1.807, 2.05) is 31.2 Å². The monoisotopic (exact) mass is 542 g/mol. The molecule has 6 rings (SSSR count). The molecule has 1 N–H and O–H groups in total. The Morgan fingerprint density at radius 2 is 1.97 bits per heavy atom. The largest absolute Gasteiger partial charge is 0.399 e. The van der Waals surface area contributed by atoms with Crippen molar-refractivity contribution in [1.29, 1.82) is 0 Å². The minimum absolute atomic E-state index is 0.244. The van der Waals surface area contributed by atoms with Crippen LogP contribution in [-0.4, -0.2) is 70.5 Å². The molecule has 10 nitrogen and oxygen atoms in total. The van der Waals surface area contributed by atoms with Crippen LogP contribution in [0.15, 0.2) is 53.9 Å².